The Balaban J connectivity index is 1.25. The van der Waals surface area contributed by atoms with Gasteiger partial charge in [0.15, 0.2) is 0 Å². The fourth-order valence-corrected chi connectivity index (χ4v) is 4.12. The highest BCUT2D eigenvalue weighted by Crippen LogP contribution is 2.38. The molecule has 2 aliphatic carbocycles. The second-order valence-corrected chi connectivity index (χ2v) is 7.62. The molecule has 1 aromatic heterocycles. The zero-order valence-electron chi connectivity index (χ0n) is 14.1. The number of amides is 1. The molecule has 1 saturated carbocycles. The zero-order valence-corrected chi connectivity index (χ0v) is 14.9. The molecule has 1 amide bonds. The Kier molecular flexibility index (Phi) is 3.74. The molecule has 7 heteroatoms. The lowest BCUT2D eigenvalue weighted by Gasteiger charge is -2.08. The topological polar surface area (TPSA) is 72.7 Å². The predicted molar refractivity (Wildman–Crippen MR) is 100 cm³/mol. The molecule has 0 atom stereocenters. The van der Waals surface area contributed by atoms with Crippen LogP contribution in [0.3, 0.4) is 0 Å². The smallest absolute Gasteiger partial charge is 0.234 e. The van der Waals surface area contributed by atoms with Crippen LogP contribution in [0.1, 0.15) is 30.0 Å². The van der Waals surface area contributed by atoms with Gasteiger partial charge < -0.3 is 5.32 Å². The van der Waals surface area contributed by atoms with Crippen LogP contribution < -0.4 is 5.32 Å². The summed E-state index contributed by atoms with van der Waals surface area (Å²) in [7, 11) is 0. The van der Waals surface area contributed by atoms with Crippen molar-refractivity contribution in [3.63, 3.8) is 0 Å². The number of aromatic nitrogens is 4. The number of benzene rings is 2. The quantitative estimate of drug-likeness (QED) is 0.551. The van der Waals surface area contributed by atoms with Crippen LogP contribution in [0.5, 0.6) is 0 Å². The van der Waals surface area contributed by atoms with Crippen molar-refractivity contribution in [3.8, 4) is 11.1 Å². The van der Waals surface area contributed by atoms with E-state index in [4.69, 9.17) is 0 Å². The zero-order chi connectivity index (χ0) is 17.5. The molecule has 0 spiro atoms. The van der Waals surface area contributed by atoms with Crippen molar-refractivity contribution in [1.82, 2.24) is 20.2 Å². The van der Waals surface area contributed by atoms with E-state index in [1.165, 1.54) is 34.0 Å². The van der Waals surface area contributed by atoms with Crippen LogP contribution in [0.25, 0.3) is 11.1 Å². The van der Waals surface area contributed by atoms with Gasteiger partial charge in [-0.05, 0) is 64.1 Å². The summed E-state index contributed by atoms with van der Waals surface area (Å²) in [4.78, 5) is 12.3. The first-order valence-corrected chi connectivity index (χ1v) is 9.68. The normalized spacial score (nSPS) is 14.8. The number of fused-ring (bicyclic) bond motifs is 3. The summed E-state index contributed by atoms with van der Waals surface area (Å²) in [6.45, 7) is 0. The Morgan fingerprint density at radius 1 is 1.15 bits per heavy atom. The minimum atomic E-state index is -0.0455. The molecule has 130 valence electrons. The number of nitrogens with zero attached hydrogens (tertiary/aromatic N) is 4. The minimum Gasteiger partial charge on any atom is -0.325 e. The van der Waals surface area contributed by atoms with E-state index in [1.54, 1.807) is 0 Å². The number of carbonyl (C=O) groups is 1. The monoisotopic (exact) mass is 363 g/mol. The fourth-order valence-electron chi connectivity index (χ4n) is 3.38. The van der Waals surface area contributed by atoms with E-state index in [9.17, 15) is 4.79 Å². The Bertz CT molecular complexity index is 995. The maximum Gasteiger partial charge on any atom is 0.234 e. The van der Waals surface area contributed by atoms with Gasteiger partial charge in [-0.1, -0.05) is 42.1 Å². The molecule has 0 unspecified atom stereocenters. The maximum atomic E-state index is 12.3. The van der Waals surface area contributed by atoms with Crippen molar-refractivity contribution >= 4 is 23.4 Å². The standard InChI is InChI=1S/C19H17N5OS/c25-18(11-26-19-21-22-23-24(19)15-6-7-15)20-14-5-8-17-13(10-14)9-12-3-1-2-4-16(12)17/h1-5,8,10,15H,6-7,9,11H2,(H,20,25). The number of carbonyl (C=O) groups excluding carboxylic acids is 1. The highest BCUT2D eigenvalue weighted by Gasteiger charge is 2.28. The summed E-state index contributed by atoms with van der Waals surface area (Å²) in [6, 6.07) is 15.0. The average Bonchev–Trinajstić information content (AvgIpc) is 3.27. The molecule has 2 aliphatic rings. The van der Waals surface area contributed by atoms with Gasteiger partial charge in [0.2, 0.25) is 11.1 Å². The number of nitrogens with one attached hydrogen (secondary N) is 1. The summed E-state index contributed by atoms with van der Waals surface area (Å²) in [5.41, 5.74) is 5.99. The molecule has 1 N–H and O–H groups in total. The number of tetrazole rings is 1. The number of anilines is 1. The number of thioether (sulfide) groups is 1. The van der Waals surface area contributed by atoms with Crippen LogP contribution in [0.15, 0.2) is 47.6 Å². The van der Waals surface area contributed by atoms with E-state index in [1.807, 2.05) is 10.7 Å². The van der Waals surface area contributed by atoms with Crippen LogP contribution in [-0.2, 0) is 11.2 Å². The summed E-state index contributed by atoms with van der Waals surface area (Å²) in [5.74, 6) is 0.250. The Morgan fingerprint density at radius 2 is 2.00 bits per heavy atom. The molecule has 2 aromatic carbocycles. The first-order chi connectivity index (χ1) is 12.8. The largest absolute Gasteiger partial charge is 0.325 e. The third-order valence-corrected chi connectivity index (χ3v) is 5.70. The van der Waals surface area contributed by atoms with Gasteiger partial charge in [-0.25, -0.2) is 4.68 Å². The molecular formula is C19H17N5OS. The second kappa shape index (κ2) is 6.25. The van der Waals surface area contributed by atoms with Crippen molar-refractivity contribution in [1.29, 1.82) is 0 Å². The molecule has 0 aliphatic heterocycles. The third-order valence-electron chi connectivity index (χ3n) is 4.77. The molecule has 6 nitrogen and oxygen atoms in total. The van der Waals surface area contributed by atoms with Gasteiger partial charge in [-0.3, -0.25) is 4.79 Å². The molecule has 26 heavy (non-hydrogen) atoms. The first-order valence-electron chi connectivity index (χ1n) is 8.69. The summed E-state index contributed by atoms with van der Waals surface area (Å²) in [5, 5.41) is 15.4. The molecule has 5 rings (SSSR count). The molecule has 1 heterocycles. The Morgan fingerprint density at radius 3 is 2.88 bits per heavy atom. The number of rotatable bonds is 5. The van der Waals surface area contributed by atoms with E-state index in [2.05, 4.69) is 57.2 Å². The molecule has 0 saturated heterocycles. The van der Waals surface area contributed by atoms with Gasteiger partial charge in [0.1, 0.15) is 0 Å². The van der Waals surface area contributed by atoms with Crippen LogP contribution in [-0.4, -0.2) is 31.9 Å². The average molecular weight is 363 g/mol. The van der Waals surface area contributed by atoms with E-state index < -0.39 is 0 Å². The lowest BCUT2D eigenvalue weighted by molar-refractivity contribution is -0.113. The Labute approximate surface area is 155 Å². The van der Waals surface area contributed by atoms with Crippen molar-refractivity contribution in [2.24, 2.45) is 0 Å². The van der Waals surface area contributed by atoms with Crippen LogP contribution in [0.2, 0.25) is 0 Å². The van der Waals surface area contributed by atoms with Gasteiger partial charge in [-0.2, -0.15) is 0 Å². The lowest BCUT2D eigenvalue weighted by Crippen LogP contribution is -2.14. The van der Waals surface area contributed by atoms with Gasteiger partial charge in [0.05, 0.1) is 11.8 Å². The second-order valence-electron chi connectivity index (χ2n) is 6.68. The van der Waals surface area contributed by atoms with Gasteiger partial charge in [-0.15, -0.1) is 5.10 Å². The maximum absolute atomic E-state index is 12.3. The summed E-state index contributed by atoms with van der Waals surface area (Å²) < 4.78 is 1.82. The molecule has 1 fully saturated rings. The summed E-state index contributed by atoms with van der Waals surface area (Å²) >= 11 is 1.38. The summed E-state index contributed by atoms with van der Waals surface area (Å²) in [6.07, 6.45) is 3.14. The lowest BCUT2D eigenvalue weighted by atomic mass is 10.1. The Hall–Kier alpha value is -2.67. The minimum absolute atomic E-state index is 0.0455. The van der Waals surface area contributed by atoms with Gasteiger partial charge >= 0.3 is 0 Å². The van der Waals surface area contributed by atoms with Gasteiger partial charge in [0, 0.05) is 5.69 Å². The molecule has 3 aromatic rings. The van der Waals surface area contributed by atoms with Gasteiger partial charge in [0.25, 0.3) is 0 Å². The SMILES string of the molecule is O=C(CSc1nnnn1C1CC1)Nc1ccc2c(c1)Cc1ccccc1-2. The highest BCUT2D eigenvalue weighted by molar-refractivity contribution is 7.99. The molecule has 0 bridgehead atoms. The van der Waals surface area contributed by atoms with Crippen molar-refractivity contribution in [2.75, 3.05) is 11.1 Å². The number of hydrogen-bond donors (Lipinski definition) is 1. The van der Waals surface area contributed by atoms with Crippen molar-refractivity contribution < 1.29 is 4.79 Å². The van der Waals surface area contributed by atoms with Crippen molar-refractivity contribution in [2.45, 2.75) is 30.5 Å². The number of hydrogen-bond acceptors (Lipinski definition) is 5. The fraction of sp³-hybridized carbons (Fsp3) is 0.263. The van der Waals surface area contributed by atoms with E-state index in [-0.39, 0.29) is 5.91 Å². The van der Waals surface area contributed by atoms with E-state index >= 15 is 0 Å². The van der Waals surface area contributed by atoms with Crippen molar-refractivity contribution in [3.05, 3.63) is 53.6 Å². The van der Waals surface area contributed by atoms with Crippen LogP contribution in [0.4, 0.5) is 5.69 Å². The molecular weight excluding hydrogens is 346 g/mol. The van der Waals surface area contributed by atoms with E-state index in [0.717, 1.165) is 24.9 Å². The third kappa shape index (κ3) is 2.88. The van der Waals surface area contributed by atoms with Crippen LogP contribution >= 0.6 is 11.8 Å². The highest BCUT2D eigenvalue weighted by atomic mass is 32.2. The first kappa shape index (κ1) is 15.6. The van der Waals surface area contributed by atoms with Crippen LogP contribution in [0, 0.1) is 0 Å². The molecule has 0 radical (unpaired) electrons. The van der Waals surface area contributed by atoms with E-state index in [0.29, 0.717) is 17.0 Å². The predicted octanol–water partition coefficient (Wildman–Crippen LogP) is 3.31.